The highest BCUT2D eigenvalue weighted by atomic mass is 16.3. The lowest BCUT2D eigenvalue weighted by molar-refractivity contribution is -0.127. The van der Waals surface area contributed by atoms with E-state index >= 15 is 0 Å². The quantitative estimate of drug-likeness (QED) is 0.755. The molecule has 1 aromatic heterocycles. The fourth-order valence-electron chi connectivity index (χ4n) is 3.18. The van der Waals surface area contributed by atoms with Crippen molar-refractivity contribution < 1.29 is 14.0 Å². The second-order valence-electron chi connectivity index (χ2n) is 6.34. The number of carbonyl (C=O) groups excluding carboxylic acids is 2. The van der Waals surface area contributed by atoms with Crippen molar-refractivity contribution in [3.8, 4) is 0 Å². The van der Waals surface area contributed by atoms with Crippen LogP contribution in [0.5, 0.6) is 0 Å². The average molecular weight is 341 g/mol. The van der Waals surface area contributed by atoms with E-state index in [1.807, 2.05) is 36.4 Å². The van der Waals surface area contributed by atoms with Crippen LogP contribution in [0.4, 0.5) is 4.79 Å². The summed E-state index contributed by atoms with van der Waals surface area (Å²) in [5, 5.41) is 8.60. The summed E-state index contributed by atoms with van der Waals surface area (Å²) in [4.78, 5) is 25.0. The highest BCUT2D eigenvalue weighted by Gasteiger charge is 2.42. The summed E-state index contributed by atoms with van der Waals surface area (Å²) in [6.45, 7) is 0.748. The van der Waals surface area contributed by atoms with E-state index in [-0.39, 0.29) is 11.9 Å². The molecule has 0 unspecified atom stereocenters. The molecule has 3 N–H and O–H groups in total. The Bertz CT molecular complexity index is 692. The van der Waals surface area contributed by atoms with Gasteiger partial charge in [-0.3, -0.25) is 4.79 Å². The number of hydrogen-bond acceptors (Lipinski definition) is 3. The van der Waals surface area contributed by atoms with Crippen LogP contribution in [0.3, 0.4) is 0 Å². The van der Waals surface area contributed by atoms with E-state index in [1.165, 1.54) is 0 Å². The Morgan fingerprint density at radius 3 is 2.40 bits per heavy atom. The van der Waals surface area contributed by atoms with Crippen LogP contribution in [0, 0.1) is 0 Å². The van der Waals surface area contributed by atoms with Crippen LogP contribution in [0.2, 0.25) is 0 Å². The van der Waals surface area contributed by atoms with Gasteiger partial charge in [-0.15, -0.1) is 0 Å². The topological polar surface area (TPSA) is 83.4 Å². The highest BCUT2D eigenvalue weighted by Crippen LogP contribution is 2.30. The van der Waals surface area contributed by atoms with Crippen molar-refractivity contribution in [1.82, 2.24) is 16.0 Å². The molecule has 0 saturated heterocycles. The number of nitrogens with one attached hydrogen (secondary N) is 3. The van der Waals surface area contributed by atoms with Crippen LogP contribution >= 0.6 is 0 Å². The Kier molecular flexibility index (Phi) is 5.38. The third kappa shape index (κ3) is 4.41. The molecule has 6 nitrogen and oxygen atoms in total. The number of amides is 3. The van der Waals surface area contributed by atoms with Gasteiger partial charge in [0.05, 0.1) is 12.8 Å². The lowest BCUT2D eigenvalue weighted by atomic mass is 9.96. The molecular formula is C19H23N3O3. The molecule has 0 bridgehead atoms. The molecule has 25 heavy (non-hydrogen) atoms. The van der Waals surface area contributed by atoms with E-state index in [0.717, 1.165) is 18.4 Å². The minimum absolute atomic E-state index is 0.156. The van der Waals surface area contributed by atoms with Gasteiger partial charge in [0.15, 0.2) is 0 Å². The fourth-order valence-corrected chi connectivity index (χ4v) is 3.18. The maximum absolute atomic E-state index is 12.7. The van der Waals surface area contributed by atoms with E-state index in [2.05, 4.69) is 16.0 Å². The largest absolute Gasteiger partial charge is 0.467 e. The zero-order chi connectivity index (χ0) is 17.5. The molecule has 1 aromatic carbocycles. The Balaban J connectivity index is 1.55. The molecule has 1 fully saturated rings. The van der Waals surface area contributed by atoms with Gasteiger partial charge in [-0.25, -0.2) is 4.79 Å². The van der Waals surface area contributed by atoms with Gasteiger partial charge >= 0.3 is 6.03 Å². The normalized spacial score (nSPS) is 15.5. The van der Waals surface area contributed by atoms with Crippen LogP contribution in [-0.4, -0.2) is 17.5 Å². The van der Waals surface area contributed by atoms with Crippen LogP contribution < -0.4 is 16.0 Å². The van der Waals surface area contributed by atoms with Gasteiger partial charge < -0.3 is 20.4 Å². The minimum atomic E-state index is -0.840. The zero-order valence-electron chi connectivity index (χ0n) is 14.1. The lowest BCUT2D eigenvalue weighted by Gasteiger charge is -2.29. The summed E-state index contributed by atoms with van der Waals surface area (Å²) < 4.78 is 5.23. The number of rotatable bonds is 6. The van der Waals surface area contributed by atoms with Crippen molar-refractivity contribution in [3.05, 3.63) is 60.1 Å². The molecular weight excluding hydrogens is 318 g/mol. The van der Waals surface area contributed by atoms with Gasteiger partial charge in [-0.1, -0.05) is 43.2 Å². The van der Waals surface area contributed by atoms with Crippen molar-refractivity contribution in [3.63, 3.8) is 0 Å². The highest BCUT2D eigenvalue weighted by molar-refractivity contribution is 5.91. The van der Waals surface area contributed by atoms with Gasteiger partial charge in [0.2, 0.25) is 5.91 Å². The van der Waals surface area contributed by atoms with Crippen LogP contribution in [0.1, 0.15) is 37.0 Å². The molecule has 0 aliphatic heterocycles. The van der Waals surface area contributed by atoms with Crippen molar-refractivity contribution in [2.75, 3.05) is 0 Å². The second-order valence-corrected chi connectivity index (χ2v) is 6.34. The first-order valence-electron chi connectivity index (χ1n) is 8.59. The summed E-state index contributed by atoms with van der Waals surface area (Å²) in [5.41, 5.74) is 0.174. The summed E-state index contributed by atoms with van der Waals surface area (Å²) in [6.07, 6.45) is 4.72. The summed E-state index contributed by atoms with van der Waals surface area (Å²) in [5.74, 6) is 0.534. The van der Waals surface area contributed by atoms with E-state index < -0.39 is 5.54 Å². The summed E-state index contributed by atoms with van der Waals surface area (Å²) in [6, 6.07) is 12.9. The van der Waals surface area contributed by atoms with Gasteiger partial charge in [0.25, 0.3) is 0 Å². The smallest absolute Gasteiger partial charge is 0.315 e. The summed E-state index contributed by atoms with van der Waals surface area (Å²) >= 11 is 0. The third-order valence-corrected chi connectivity index (χ3v) is 4.54. The second kappa shape index (κ2) is 7.88. The van der Waals surface area contributed by atoms with E-state index in [9.17, 15) is 9.59 Å². The van der Waals surface area contributed by atoms with Crippen molar-refractivity contribution in [1.29, 1.82) is 0 Å². The molecule has 0 atom stereocenters. The first kappa shape index (κ1) is 17.1. The maximum atomic E-state index is 12.7. The molecule has 1 heterocycles. The van der Waals surface area contributed by atoms with Gasteiger partial charge in [-0.05, 0) is 30.5 Å². The standard InChI is InChI=1S/C19H23N3O3/c23-17(20-14-16-9-6-12-25-16)19(10-4-5-11-19)22-18(24)21-13-15-7-2-1-3-8-15/h1-3,6-9,12H,4-5,10-11,13-14H2,(H,20,23)(H2,21,22,24). The summed E-state index contributed by atoms with van der Waals surface area (Å²) in [7, 11) is 0. The molecule has 3 amide bonds. The molecule has 3 rings (SSSR count). The third-order valence-electron chi connectivity index (χ3n) is 4.54. The van der Waals surface area contributed by atoms with Crippen LogP contribution in [0.15, 0.2) is 53.1 Å². The predicted octanol–water partition coefficient (Wildman–Crippen LogP) is 2.71. The number of benzene rings is 1. The van der Waals surface area contributed by atoms with Gasteiger partial charge in [0.1, 0.15) is 11.3 Å². The van der Waals surface area contributed by atoms with E-state index in [4.69, 9.17) is 4.42 Å². The monoisotopic (exact) mass is 341 g/mol. The SMILES string of the molecule is O=C(NCc1ccccc1)NC1(C(=O)NCc2ccco2)CCCC1. The number of hydrogen-bond donors (Lipinski definition) is 3. The van der Waals surface area contributed by atoms with E-state index in [0.29, 0.717) is 31.7 Å². The lowest BCUT2D eigenvalue weighted by Crippen LogP contribution is -2.59. The first-order chi connectivity index (χ1) is 12.2. The Labute approximate surface area is 147 Å². The van der Waals surface area contributed by atoms with Gasteiger partial charge in [0, 0.05) is 6.54 Å². The maximum Gasteiger partial charge on any atom is 0.315 e. The Morgan fingerprint density at radius 1 is 0.960 bits per heavy atom. The molecule has 0 spiro atoms. The number of furan rings is 1. The van der Waals surface area contributed by atoms with E-state index in [1.54, 1.807) is 12.3 Å². The number of carbonyl (C=O) groups is 2. The fraction of sp³-hybridized carbons (Fsp3) is 0.368. The van der Waals surface area contributed by atoms with Crippen molar-refractivity contribution in [2.45, 2.75) is 44.3 Å². The molecule has 1 aliphatic carbocycles. The molecule has 1 saturated carbocycles. The molecule has 0 radical (unpaired) electrons. The molecule has 6 heteroatoms. The van der Waals surface area contributed by atoms with Crippen molar-refractivity contribution >= 4 is 11.9 Å². The number of urea groups is 1. The molecule has 1 aliphatic rings. The molecule has 132 valence electrons. The average Bonchev–Trinajstić information content (AvgIpc) is 3.31. The van der Waals surface area contributed by atoms with Crippen LogP contribution in [0.25, 0.3) is 0 Å². The van der Waals surface area contributed by atoms with Crippen molar-refractivity contribution in [2.24, 2.45) is 0 Å². The Morgan fingerprint density at radius 2 is 1.72 bits per heavy atom. The first-order valence-corrected chi connectivity index (χ1v) is 8.59. The van der Waals surface area contributed by atoms with Gasteiger partial charge in [-0.2, -0.15) is 0 Å². The zero-order valence-corrected chi connectivity index (χ0v) is 14.1. The predicted molar refractivity (Wildman–Crippen MR) is 93.6 cm³/mol. The molecule has 2 aromatic rings. The van der Waals surface area contributed by atoms with Crippen LogP contribution in [-0.2, 0) is 17.9 Å². The minimum Gasteiger partial charge on any atom is -0.467 e. The Hall–Kier alpha value is -2.76.